The highest BCUT2D eigenvalue weighted by Crippen LogP contribution is 2.37. The average molecular weight is 328 g/mol. The Bertz CT molecular complexity index is 418. The van der Waals surface area contributed by atoms with E-state index in [1.807, 2.05) is 0 Å². The van der Waals surface area contributed by atoms with Gasteiger partial charge in [-0.3, -0.25) is 0 Å². The van der Waals surface area contributed by atoms with Crippen LogP contribution in [-0.2, 0) is 0 Å². The molecule has 0 aliphatic carbocycles. The molecule has 2 N–H and O–H groups in total. The quantitative estimate of drug-likeness (QED) is 0.711. The second-order valence-corrected chi connectivity index (χ2v) is 6.06. The first-order valence-electron chi connectivity index (χ1n) is 7.12. The Kier molecular flexibility index (Phi) is 6.87. The topological polar surface area (TPSA) is 35.2 Å². The van der Waals surface area contributed by atoms with Crippen LogP contribution in [0.25, 0.3) is 0 Å². The fraction of sp³-hybridized carbons (Fsp3) is 0.625. The maximum absolute atomic E-state index is 6.39. The molecule has 0 spiro atoms. The molecule has 3 heteroatoms. The predicted molar refractivity (Wildman–Crippen MR) is 85.9 cm³/mol. The molecule has 0 aromatic heterocycles. The summed E-state index contributed by atoms with van der Waals surface area (Å²) in [5.41, 5.74) is 9.89. The minimum Gasteiger partial charge on any atom is -0.496 e. The molecule has 108 valence electrons. The van der Waals surface area contributed by atoms with Crippen molar-refractivity contribution < 1.29 is 4.74 Å². The lowest BCUT2D eigenvalue weighted by Gasteiger charge is -2.21. The largest absolute Gasteiger partial charge is 0.496 e. The van der Waals surface area contributed by atoms with E-state index in [4.69, 9.17) is 10.5 Å². The first-order valence-corrected chi connectivity index (χ1v) is 7.91. The van der Waals surface area contributed by atoms with E-state index < -0.39 is 0 Å². The molecule has 1 atom stereocenters. The summed E-state index contributed by atoms with van der Waals surface area (Å²) in [4.78, 5) is 0. The van der Waals surface area contributed by atoms with Crippen LogP contribution in [0.2, 0.25) is 0 Å². The number of nitrogens with two attached hydrogens (primary N) is 1. The number of halogens is 1. The van der Waals surface area contributed by atoms with Crippen LogP contribution in [-0.4, -0.2) is 7.11 Å². The number of rotatable bonds is 7. The van der Waals surface area contributed by atoms with E-state index in [1.165, 1.54) is 31.2 Å². The molecule has 2 nitrogen and oxygen atoms in total. The van der Waals surface area contributed by atoms with Crippen LogP contribution in [0, 0.1) is 13.8 Å². The van der Waals surface area contributed by atoms with Crippen molar-refractivity contribution in [1.82, 2.24) is 0 Å². The Morgan fingerprint density at radius 2 is 1.95 bits per heavy atom. The molecule has 1 rings (SSSR count). The molecule has 0 amide bonds. The van der Waals surface area contributed by atoms with Crippen LogP contribution >= 0.6 is 15.9 Å². The minimum absolute atomic E-state index is 0.0583. The molecule has 0 bridgehead atoms. The summed E-state index contributed by atoms with van der Waals surface area (Å²) in [6, 6.07) is 2.16. The molecular weight excluding hydrogens is 302 g/mol. The van der Waals surface area contributed by atoms with Gasteiger partial charge in [-0.25, -0.2) is 0 Å². The van der Waals surface area contributed by atoms with Gasteiger partial charge in [-0.15, -0.1) is 0 Å². The summed E-state index contributed by atoms with van der Waals surface area (Å²) >= 11 is 3.61. The summed E-state index contributed by atoms with van der Waals surface area (Å²) < 4.78 is 6.68. The Balaban J connectivity index is 2.91. The first-order chi connectivity index (χ1) is 9.02. The summed E-state index contributed by atoms with van der Waals surface area (Å²) in [6.45, 7) is 6.40. The molecule has 0 heterocycles. The summed E-state index contributed by atoms with van der Waals surface area (Å²) in [5.74, 6) is 0.948. The van der Waals surface area contributed by atoms with Crippen molar-refractivity contribution in [3.05, 3.63) is 27.2 Å². The average Bonchev–Trinajstić information content (AvgIpc) is 2.38. The monoisotopic (exact) mass is 327 g/mol. The van der Waals surface area contributed by atoms with Crippen molar-refractivity contribution in [2.24, 2.45) is 5.73 Å². The normalized spacial score (nSPS) is 12.5. The third kappa shape index (κ3) is 4.22. The van der Waals surface area contributed by atoms with E-state index in [9.17, 15) is 0 Å². The number of ether oxygens (including phenoxy) is 1. The highest BCUT2D eigenvalue weighted by molar-refractivity contribution is 9.10. The lowest BCUT2D eigenvalue weighted by molar-refractivity contribution is 0.399. The second-order valence-electron chi connectivity index (χ2n) is 5.20. The fourth-order valence-corrected chi connectivity index (χ4v) is 3.09. The number of aryl methyl sites for hydroxylation is 1. The maximum atomic E-state index is 6.39. The van der Waals surface area contributed by atoms with Crippen LogP contribution in [0.4, 0.5) is 0 Å². The van der Waals surface area contributed by atoms with E-state index >= 15 is 0 Å². The molecule has 0 aliphatic rings. The van der Waals surface area contributed by atoms with Gasteiger partial charge in [0.15, 0.2) is 0 Å². The summed E-state index contributed by atoms with van der Waals surface area (Å²) in [6.07, 6.45) is 6.02. The van der Waals surface area contributed by atoms with E-state index in [1.54, 1.807) is 7.11 Å². The highest BCUT2D eigenvalue weighted by atomic mass is 79.9. The zero-order chi connectivity index (χ0) is 14.4. The maximum Gasteiger partial charge on any atom is 0.126 e. The third-order valence-electron chi connectivity index (χ3n) is 3.65. The van der Waals surface area contributed by atoms with Crippen molar-refractivity contribution >= 4 is 15.9 Å². The Labute approximate surface area is 125 Å². The zero-order valence-electron chi connectivity index (χ0n) is 12.6. The molecule has 1 aromatic carbocycles. The highest BCUT2D eigenvalue weighted by Gasteiger charge is 2.18. The molecule has 0 saturated carbocycles. The molecule has 19 heavy (non-hydrogen) atoms. The SMILES string of the molecule is CCCCCCC(N)c1c(C)c(Br)cc(C)c1OC. The Morgan fingerprint density at radius 3 is 2.53 bits per heavy atom. The van der Waals surface area contributed by atoms with Gasteiger partial charge in [0.2, 0.25) is 0 Å². The van der Waals surface area contributed by atoms with Crippen molar-refractivity contribution in [3.63, 3.8) is 0 Å². The zero-order valence-corrected chi connectivity index (χ0v) is 14.1. The number of hydrogen-bond donors (Lipinski definition) is 1. The number of methoxy groups -OCH3 is 1. The van der Waals surface area contributed by atoms with Crippen LogP contribution in [0.15, 0.2) is 10.5 Å². The van der Waals surface area contributed by atoms with Gasteiger partial charge in [0, 0.05) is 16.1 Å². The predicted octanol–water partition coefficient (Wildman–Crippen LogP) is 5.04. The van der Waals surface area contributed by atoms with Gasteiger partial charge in [0.05, 0.1) is 7.11 Å². The van der Waals surface area contributed by atoms with Crippen molar-refractivity contribution in [2.75, 3.05) is 7.11 Å². The standard InChI is InChI=1S/C16H26BrNO/c1-5-6-7-8-9-14(18)15-12(3)13(17)10-11(2)16(15)19-4/h10,14H,5-9,18H2,1-4H3. The number of benzene rings is 1. The summed E-state index contributed by atoms with van der Waals surface area (Å²) in [7, 11) is 1.73. The number of unbranched alkanes of at least 4 members (excludes halogenated alkanes) is 3. The summed E-state index contributed by atoms with van der Waals surface area (Å²) in [5, 5.41) is 0. The van der Waals surface area contributed by atoms with Gasteiger partial charge in [-0.1, -0.05) is 48.5 Å². The van der Waals surface area contributed by atoms with Crippen LogP contribution in [0.5, 0.6) is 5.75 Å². The molecular formula is C16H26BrNO. The molecule has 1 unspecified atom stereocenters. The van der Waals surface area contributed by atoms with Crippen molar-refractivity contribution in [3.8, 4) is 5.75 Å². The minimum atomic E-state index is 0.0583. The van der Waals surface area contributed by atoms with Crippen molar-refractivity contribution in [2.45, 2.75) is 58.9 Å². The van der Waals surface area contributed by atoms with E-state index in [0.717, 1.165) is 27.8 Å². The van der Waals surface area contributed by atoms with Gasteiger partial charge >= 0.3 is 0 Å². The third-order valence-corrected chi connectivity index (χ3v) is 4.48. The van der Waals surface area contributed by atoms with Gasteiger partial charge in [0.25, 0.3) is 0 Å². The van der Waals surface area contributed by atoms with E-state index in [0.29, 0.717) is 0 Å². The second kappa shape index (κ2) is 7.91. The van der Waals surface area contributed by atoms with Crippen LogP contribution < -0.4 is 10.5 Å². The molecule has 0 radical (unpaired) electrons. The van der Waals surface area contributed by atoms with E-state index in [2.05, 4.69) is 42.8 Å². The molecule has 0 fully saturated rings. The van der Waals surface area contributed by atoms with Gasteiger partial charge in [0.1, 0.15) is 5.75 Å². The van der Waals surface area contributed by atoms with Crippen LogP contribution in [0.3, 0.4) is 0 Å². The Morgan fingerprint density at radius 1 is 1.26 bits per heavy atom. The Hall–Kier alpha value is -0.540. The first kappa shape index (κ1) is 16.5. The molecule has 0 aliphatic heterocycles. The van der Waals surface area contributed by atoms with Gasteiger partial charge in [-0.05, 0) is 37.5 Å². The molecule has 1 aromatic rings. The molecule has 0 saturated heterocycles. The van der Waals surface area contributed by atoms with Crippen LogP contribution in [0.1, 0.15) is 61.8 Å². The van der Waals surface area contributed by atoms with Gasteiger partial charge < -0.3 is 10.5 Å². The fourth-order valence-electron chi connectivity index (χ4n) is 2.53. The van der Waals surface area contributed by atoms with Gasteiger partial charge in [-0.2, -0.15) is 0 Å². The lowest BCUT2D eigenvalue weighted by Crippen LogP contribution is -2.14. The van der Waals surface area contributed by atoms with Crippen molar-refractivity contribution in [1.29, 1.82) is 0 Å². The smallest absolute Gasteiger partial charge is 0.126 e. The number of hydrogen-bond acceptors (Lipinski definition) is 2. The van der Waals surface area contributed by atoms with E-state index in [-0.39, 0.29) is 6.04 Å². The lowest BCUT2D eigenvalue weighted by atomic mass is 9.94.